The summed E-state index contributed by atoms with van der Waals surface area (Å²) in [5, 5.41) is 14.3. The summed E-state index contributed by atoms with van der Waals surface area (Å²) >= 11 is 10.1. The Hall–Kier alpha value is 1.88. The molecule has 0 aliphatic carbocycles. The molecular weight excluding hydrogens is 984 g/mol. The van der Waals surface area contributed by atoms with Crippen LogP contribution in [0.25, 0.3) is 0 Å². The number of nitrogens with zero attached hydrogens (tertiary/aromatic N) is 4. The number of carbonyl (C=O) groups is 4. The van der Waals surface area contributed by atoms with E-state index in [-0.39, 0.29) is 193 Å². The predicted octanol–water partition coefficient (Wildman–Crippen LogP) is -17.7. The van der Waals surface area contributed by atoms with E-state index in [1.165, 1.54) is 6.42 Å². The Morgan fingerprint density at radius 2 is 0.682 bits per heavy atom. The van der Waals surface area contributed by atoms with Crippen LogP contribution in [-0.2, 0) is 0 Å². The van der Waals surface area contributed by atoms with Crippen LogP contribution in [0, 0.1) is 0 Å². The zero-order chi connectivity index (χ0) is 42.1. The Morgan fingerprint density at radius 1 is 0.409 bits per heavy atom. The molecule has 66 heavy (non-hydrogen) atoms. The molecule has 380 valence electrons. The van der Waals surface area contributed by atoms with Crippen molar-refractivity contribution in [2.45, 2.75) is 72.6 Å². The molecule has 4 heterocycles. The van der Waals surface area contributed by atoms with Crippen molar-refractivity contribution in [1.29, 1.82) is 0 Å². The van der Waals surface area contributed by atoms with Crippen LogP contribution < -0.4 is 204 Å². The van der Waals surface area contributed by atoms with E-state index < -0.39 is 0 Å². The van der Waals surface area contributed by atoms with E-state index in [1.807, 2.05) is 14.7 Å². The van der Waals surface area contributed by atoms with E-state index >= 15 is 0 Å². The third-order valence-corrected chi connectivity index (χ3v) is 8.70. The number of nitrogens with one attached hydrogen (secondary N) is 5. The summed E-state index contributed by atoms with van der Waals surface area (Å²) < 4.78 is 0. The summed E-state index contributed by atoms with van der Waals surface area (Å²) in [6.45, 7) is 15.7. The quantitative estimate of drug-likeness (QED) is 0.0273. The monoisotopic (exact) mass is 1070 g/mol. The predicted molar refractivity (Wildman–Crippen MR) is 247 cm³/mol. The molecule has 8 amide bonds. The molecule has 21 nitrogen and oxygen atoms in total. The van der Waals surface area contributed by atoms with Gasteiger partial charge in [0.2, 0.25) is 0 Å². The molecule has 29 heteroatoms. The zero-order valence-corrected chi connectivity index (χ0v) is 50.7. The molecule has 0 aromatic carbocycles. The maximum absolute atomic E-state index is 11.2. The third kappa shape index (κ3) is 60.2. The van der Waals surface area contributed by atoms with Crippen molar-refractivity contribution in [1.82, 2.24) is 46.2 Å². The second-order valence-electron chi connectivity index (χ2n) is 12.9. The van der Waals surface area contributed by atoms with Crippen molar-refractivity contribution in [3.63, 3.8) is 0 Å². The van der Waals surface area contributed by atoms with Gasteiger partial charge in [0.25, 0.3) is 0 Å². The molecule has 19 N–H and O–H groups in total. The number of carbonyl (C=O) groups excluding carboxylic acids is 4. The van der Waals surface area contributed by atoms with E-state index in [0.717, 1.165) is 150 Å². The molecule has 4 aliphatic heterocycles. The molecule has 0 spiro atoms. The summed E-state index contributed by atoms with van der Waals surface area (Å²) in [6.07, 6.45) is 9.95. The molecule has 4 saturated heterocycles. The second-order valence-corrected chi connectivity index (χ2v) is 13.7. The topological polar surface area (TPSA) is 358 Å². The van der Waals surface area contributed by atoms with Gasteiger partial charge in [-0.3, -0.25) is 0 Å². The first-order valence-electron chi connectivity index (χ1n) is 20.3. The molecule has 0 saturated carbocycles. The van der Waals surface area contributed by atoms with Crippen LogP contribution in [0.15, 0.2) is 0 Å². The average Bonchev–Trinajstić information content (AvgIpc) is 4.03. The molecule has 4 fully saturated rings. The number of amides is 8. The summed E-state index contributed by atoms with van der Waals surface area (Å²) in [5.74, 6) is 1.14. The fraction of sp³-hybridized carbons (Fsp3) is 0.892. The van der Waals surface area contributed by atoms with Gasteiger partial charge in [-0.2, -0.15) is 0 Å². The molecule has 0 radical (unpaired) electrons. The number of alkyl halides is 2. The van der Waals surface area contributed by atoms with Crippen LogP contribution in [0.1, 0.15) is 72.6 Å². The first kappa shape index (κ1) is 97.2. The molecular formula is C37H89Cl4N15Na4O6. The summed E-state index contributed by atoms with van der Waals surface area (Å²) in [6, 6.07) is 0.280. The van der Waals surface area contributed by atoms with Crippen LogP contribution in [-0.4, -0.2) is 197 Å². The van der Waals surface area contributed by atoms with Crippen molar-refractivity contribution >= 4 is 47.3 Å². The SMILES string of the molecule is C.C.NCCCCCN1CCNC1=O.NCCCCCN1CCNC1=O.NCCCl.NCCCl.NCCN1CCNC1=O.NCCNCCCCCN1CCNC1=O.[Cl-].[Cl-].[Na+].[Na+].[Na+].[Na+].[OH-].[OH-]. The van der Waals surface area contributed by atoms with E-state index in [4.69, 9.17) is 57.6 Å². The smallest absolute Gasteiger partial charge is 1.00 e. The van der Waals surface area contributed by atoms with Crippen LogP contribution >= 0.6 is 23.2 Å². The molecule has 0 bridgehead atoms. The Kier molecular flexibility index (Phi) is 112. The fourth-order valence-electron chi connectivity index (χ4n) is 5.26. The Labute approximate surface area is 510 Å². The van der Waals surface area contributed by atoms with Gasteiger partial charge in [0, 0.05) is 123 Å². The van der Waals surface area contributed by atoms with Gasteiger partial charge in [-0.1, -0.05) is 34.1 Å². The Morgan fingerprint density at radius 3 is 0.894 bits per heavy atom. The van der Waals surface area contributed by atoms with Gasteiger partial charge in [-0.25, -0.2) is 19.2 Å². The van der Waals surface area contributed by atoms with Crippen molar-refractivity contribution in [2.24, 2.45) is 34.4 Å². The standard InChI is InChI=1S/C10H22N4O.2C8H17N3O.C5H11N3O.2C2H6ClN.2CH4.2ClH.4Na.2H2O/c11-4-6-12-5-2-1-3-8-14-9-7-13-10(14)15;2*9-4-2-1-3-6-11-7-5-10-8(11)12;6-1-3-8-4-2-7-5(8)9;2*3-1-2-4;;;;;;;;;;/h12H,1-9,11H2,(H,13,15);2*1-7,9H2,(H,10,12);1-4,6H2,(H,7,9);2*1-2,4H2;2*1H4;2*1H;;;;;2*1H2/q;;;;;;;;;;4*+1;;/p-4. The largest absolute Gasteiger partial charge is 1.00 e. The number of rotatable bonds is 22. The Balaban J connectivity index is -0.0000000536. The summed E-state index contributed by atoms with van der Waals surface area (Å²) in [4.78, 5) is 51.3. The minimum absolute atomic E-state index is 0. The maximum atomic E-state index is 11.2. The second kappa shape index (κ2) is 75.8. The van der Waals surface area contributed by atoms with Crippen molar-refractivity contribution in [2.75, 3.05) is 143 Å². The first-order valence-corrected chi connectivity index (χ1v) is 21.4. The van der Waals surface area contributed by atoms with Crippen LogP contribution in [0.4, 0.5) is 19.2 Å². The minimum atomic E-state index is 0. The molecule has 0 unspecified atom stereocenters. The summed E-state index contributed by atoms with van der Waals surface area (Å²) in [7, 11) is 0. The summed E-state index contributed by atoms with van der Waals surface area (Å²) in [5.41, 5.74) is 31.1. The number of hydrogen-bond donors (Lipinski definition) is 11. The average molecular weight is 1070 g/mol. The van der Waals surface area contributed by atoms with Gasteiger partial charge in [0.15, 0.2) is 0 Å². The first-order chi connectivity index (χ1) is 27.2. The molecule has 0 aromatic rings. The van der Waals surface area contributed by atoms with Crippen molar-refractivity contribution in [3.05, 3.63) is 0 Å². The third-order valence-electron chi connectivity index (χ3n) is 8.26. The number of halogens is 4. The van der Waals surface area contributed by atoms with Gasteiger partial charge >= 0.3 is 142 Å². The number of hydrogen-bond acceptors (Lipinski definition) is 13. The Bertz CT molecular complexity index is 947. The molecule has 0 aromatic heterocycles. The van der Waals surface area contributed by atoms with Gasteiger partial charge in [-0.05, 0) is 58.2 Å². The molecule has 0 atom stereocenters. The fourth-order valence-corrected chi connectivity index (χ4v) is 5.26. The van der Waals surface area contributed by atoms with Gasteiger partial charge in [0.05, 0.1) is 0 Å². The van der Waals surface area contributed by atoms with Crippen LogP contribution in [0.3, 0.4) is 0 Å². The zero-order valence-electron chi connectivity index (χ0n) is 39.7. The van der Waals surface area contributed by atoms with E-state index in [0.29, 0.717) is 44.5 Å². The van der Waals surface area contributed by atoms with Gasteiger partial charge in [-0.15, -0.1) is 23.2 Å². The van der Waals surface area contributed by atoms with E-state index in [9.17, 15) is 19.2 Å². The van der Waals surface area contributed by atoms with Crippen molar-refractivity contribution in [3.8, 4) is 0 Å². The van der Waals surface area contributed by atoms with E-state index in [2.05, 4.69) is 26.6 Å². The number of nitrogens with two attached hydrogens (primary N) is 6. The van der Waals surface area contributed by atoms with Gasteiger partial charge in [0.1, 0.15) is 0 Å². The minimum Gasteiger partial charge on any atom is -1.00 e. The van der Waals surface area contributed by atoms with E-state index in [1.54, 1.807) is 4.90 Å². The normalized spacial score (nSPS) is 13.1. The van der Waals surface area contributed by atoms with Gasteiger partial charge < -0.3 is 116 Å². The van der Waals surface area contributed by atoms with Crippen LogP contribution in [0.2, 0.25) is 0 Å². The maximum Gasteiger partial charge on any atom is 1.00 e. The molecule has 4 aliphatic rings. The van der Waals surface area contributed by atoms with Crippen LogP contribution in [0.5, 0.6) is 0 Å². The van der Waals surface area contributed by atoms with Crippen molar-refractivity contribution < 1.29 is 173 Å². The molecule has 4 rings (SSSR count). The number of unbranched alkanes of at least 4 members (excludes halogenated alkanes) is 6. The number of urea groups is 4.